The molecule has 0 aliphatic heterocycles. The van der Waals surface area contributed by atoms with Gasteiger partial charge in [-0.3, -0.25) is 9.69 Å². The second-order valence-corrected chi connectivity index (χ2v) is 3.14. The third-order valence-corrected chi connectivity index (χ3v) is 1.49. The highest BCUT2D eigenvalue weighted by Crippen LogP contribution is 1.93. The van der Waals surface area contributed by atoms with Gasteiger partial charge in [0.15, 0.2) is 0 Å². The molecule has 0 radical (unpaired) electrons. The van der Waals surface area contributed by atoms with Gasteiger partial charge >= 0.3 is 0 Å². The monoisotopic (exact) mass is 159 g/mol. The summed E-state index contributed by atoms with van der Waals surface area (Å²) in [4.78, 5) is 14.6. The van der Waals surface area contributed by atoms with Gasteiger partial charge in [0.2, 0.25) is 5.91 Å². The number of likely N-dealkylation sites (N-methyl/N-ethyl adjacent to an activating group) is 2. The van der Waals surface area contributed by atoms with Crippen molar-refractivity contribution in [3.8, 4) is 0 Å². The van der Waals surface area contributed by atoms with E-state index in [2.05, 4.69) is 0 Å². The molecule has 4 nitrogen and oxygen atoms in total. The van der Waals surface area contributed by atoms with E-state index in [1.165, 1.54) is 0 Å². The minimum absolute atomic E-state index is 0.190. The molecule has 0 saturated carbocycles. The molecule has 2 N–H and O–H groups in total. The number of primary amides is 1. The molecule has 0 aliphatic rings. The van der Waals surface area contributed by atoms with E-state index in [-0.39, 0.29) is 11.9 Å². The fourth-order valence-electron chi connectivity index (χ4n) is 0.854. The predicted octanol–water partition coefficient (Wildman–Crippen LogP) is -1.04. The SMILES string of the molecule is CN(C)CC(C(N)=O)N(C)C. The first kappa shape index (κ1) is 10.4. The predicted molar refractivity (Wildman–Crippen MR) is 45.2 cm³/mol. The summed E-state index contributed by atoms with van der Waals surface area (Å²) < 4.78 is 0. The summed E-state index contributed by atoms with van der Waals surface area (Å²) in [5.74, 6) is -0.274. The summed E-state index contributed by atoms with van der Waals surface area (Å²) in [5.41, 5.74) is 5.18. The third kappa shape index (κ3) is 3.95. The Morgan fingerprint density at radius 2 is 1.82 bits per heavy atom. The molecule has 11 heavy (non-hydrogen) atoms. The lowest BCUT2D eigenvalue weighted by Crippen LogP contribution is -2.46. The molecule has 1 unspecified atom stereocenters. The Hall–Kier alpha value is -0.610. The zero-order valence-corrected chi connectivity index (χ0v) is 7.66. The molecule has 0 aromatic heterocycles. The largest absolute Gasteiger partial charge is 0.368 e. The van der Waals surface area contributed by atoms with E-state index in [9.17, 15) is 4.79 Å². The van der Waals surface area contributed by atoms with Crippen molar-refractivity contribution < 1.29 is 4.79 Å². The summed E-state index contributed by atoms with van der Waals surface area (Å²) in [6, 6.07) is -0.190. The molecule has 0 aliphatic carbocycles. The summed E-state index contributed by atoms with van der Waals surface area (Å²) in [7, 11) is 7.52. The summed E-state index contributed by atoms with van der Waals surface area (Å²) in [6.45, 7) is 0.669. The number of carbonyl (C=O) groups is 1. The summed E-state index contributed by atoms with van der Waals surface area (Å²) in [5, 5.41) is 0. The molecule has 4 heteroatoms. The molecule has 0 saturated heterocycles. The first-order valence-electron chi connectivity index (χ1n) is 3.55. The van der Waals surface area contributed by atoms with E-state index in [0.29, 0.717) is 6.54 Å². The number of carbonyl (C=O) groups excluding carboxylic acids is 1. The van der Waals surface area contributed by atoms with Crippen LogP contribution in [0, 0.1) is 0 Å². The minimum atomic E-state index is -0.274. The van der Waals surface area contributed by atoms with E-state index in [0.717, 1.165) is 0 Å². The van der Waals surface area contributed by atoms with E-state index >= 15 is 0 Å². The Kier molecular flexibility index (Phi) is 4.07. The van der Waals surface area contributed by atoms with E-state index in [4.69, 9.17) is 5.73 Å². The van der Waals surface area contributed by atoms with E-state index in [1.807, 2.05) is 38.0 Å². The number of hydrogen-bond acceptors (Lipinski definition) is 3. The van der Waals surface area contributed by atoms with Gasteiger partial charge in [0, 0.05) is 6.54 Å². The molecule has 0 fully saturated rings. The van der Waals surface area contributed by atoms with Gasteiger partial charge in [0.05, 0.1) is 0 Å². The van der Waals surface area contributed by atoms with Crippen LogP contribution in [0.15, 0.2) is 0 Å². The molecule has 0 rings (SSSR count). The van der Waals surface area contributed by atoms with E-state index in [1.54, 1.807) is 0 Å². The van der Waals surface area contributed by atoms with Gasteiger partial charge < -0.3 is 10.6 Å². The first-order valence-corrected chi connectivity index (χ1v) is 3.55. The van der Waals surface area contributed by atoms with Crippen molar-refractivity contribution in [1.29, 1.82) is 0 Å². The van der Waals surface area contributed by atoms with Crippen molar-refractivity contribution in [3.05, 3.63) is 0 Å². The quantitative estimate of drug-likeness (QED) is 0.570. The third-order valence-electron chi connectivity index (χ3n) is 1.49. The van der Waals surface area contributed by atoms with Crippen molar-refractivity contribution in [2.75, 3.05) is 34.7 Å². The highest BCUT2D eigenvalue weighted by Gasteiger charge is 2.17. The maximum atomic E-state index is 10.8. The van der Waals surface area contributed by atoms with Gasteiger partial charge in [-0.2, -0.15) is 0 Å². The molecule has 1 atom stereocenters. The second kappa shape index (κ2) is 4.31. The number of nitrogens with zero attached hydrogens (tertiary/aromatic N) is 2. The lowest BCUT2D eigenvalue weighted by Gasteiger charge is -2.23. The number of nitrogens with two attached hydrogens (primary N) is 1. The van der Waals surface area contributed by atoms with Crippen LogP contribution in [0.4, 0.5) is 0 Å². The molecule has 0 aromatic carbocycles. The fourth-order valence-corrected chi connectivity index (χ4v) is 0.854. The topological polar surface area (TPSA) is 49.6 Å². The average molecular weight is 159 g/mol. The normalized spacial score (nSPS) is 14.0. The smallest absolute Gasteiger partial charge is 0.236 e. The Morgan fingerprint density at radius 3 is 1.91 bits per heavy atom. The van der Waals surface area contributed by atoms with Crippen molar-refractivity contribution >= 4 is 5.91 Å². The summed E-state index contributed by atoms with van der Waals surface area (Å²) >= 11 is 0. The first-order chi connectivity index (χ1) is 4.95. The Balaban J connectivity index is 4.01. The van der Waals surface area contributed by atoms with Crippen molar-refractivity contribution in [2.24, 2.45) is 5.73 Å². The Labute approximate surface area is 67.9 Å². The van der Waals surface area contributed by atoms with Crippen LogP contribution in [0.1, 0.15) is 0 Å². The Morgan fingerprint density at radius 1 is 1.36 bits per heavy atom. The number of rotatable bonds is 4. The Bertz CT molecular complexity index is 134. The lowest BCUT2D eigenvalue weighted by molar-refractivity contribution is -0.122. The van der Waals surface area contributed by atoms with Crippen LogP contribution < -0.4 is 5.73 Å². The summed E-state index contributed by atoms with van der Waals surface area (Å²) in [6.07, 6.45) is 0. The molecular weight excluding hydrogens is 142 g/mol. The van der Waals surface area contributed by atoms with E-state index < -0.39 is 0 Å². The number of hydrogen-bond donors (Lipinski definition) is 1. The van der Waals surface area contributed by atoms with Gasteiger partial charge in [-0.25, -0.2) is 0 Å². The molecule has 1 amide bonds. The van der Waals surface area contributed by atoms with Gasteiger partial charge in [-0.1, -0.05) is 0 Å². The number of amides is 1. The zero-order valence-electron chi connectivity index (χ0n) is 7.66. The molecule has 0 spiro atoms. The molecular formula is C7H17N3O. The minimum Gasteiger partial charge on any atom is -0.368 e. The standard InChI is InChI=1S/C7H17N3O/c1-9(2)5-6(7(8)11)10(3)4/h6H,5H2,1-4H3,(H2,8,11). The molecule has 0 heterocycles. The van der Waals surface area contributed by atoms with Crippen LogP contribution in [0.5, 0.6) is 0 Å². The zero-order chi connectivity index (χ0) is 9.02. The highest BCUT2D eigenvalue weighted by atomic mass is 16.1. The van der Waals surface area contributed by atoms with Crippen molar-refractivity contribution in [1.82, 2.24) is 9.80 Å². The maximum Gasteiger partial charge on any atom is 0.236 e. The average Bonchev–Trinajstić information content (AvgIpc) is 1.81. The second-order valence-electron chi connectivity index (χ2n) is 3.14. The highest BCUT2D eigenvalue weighted by molar-refractivity contribution is 5.80. The van der Waals surface area contributed by atoms with Crippen LogP contribution in [0.2, 0.25) is 0 Å². The van der Waals surface area contributed by atoms with Crippen LogP contribution in [0.3, 0.4) is 0 Å². The van der Waals surface area contributed by atoms with Crippen LogP contribution >= 0.6 is 0 Å². The van der Waals surface area contributed by atoms with Gasteiger partial charge in [-0.15, -0.1) is 0 Å². The molecule has 0 aromatic rings. The maximum absolute atomic E-state index is 10.8. The van der Waals surface area contributed by atoms with Crippen LogP contribution in [-0.4, -0.2) is 56.5 Å². The van der Waals surface area contributed by atoms with Crippen molar-refractivity contribution in [3.63, 3.8) is 0 Å². The molecule has 0 bridgehead atoms. The fraction of sp³-hybridized carbons (Fsp3) is 0.857. The van der Waals surface area contributed by atoms with Crippen LogP contribution in [-0.2, 0) is 4.79 Å². The lowest BCUT2D eigenvalue weighted by atomic mass is 10.2. The van der Waals surface area contributed by atoms with Gasteiger partial charge in [0.25, 0.3) is 0 Å². The molecule has 66 valence electrons. The van der Waals surface area contributed by atoms with Crippen LogP contribution in [0.25, 0.3) is 0 Å². The van der Waals surface area contributed by atoms with Crippen molar-refractivity contribution in [2.45, 2.75) is 6.04 Å². The van der Waals surface area contributed by atoms with Gasteiger partial charge in [0.1, 0.15) is 6.04 Å². The van der Waals surface area contributed by atoms with Gasteiger partial charge in [-0.05, 0) is 28.2 Å².